The van der Waals surface area contributed by atoms with Crippen LogP contribution < -0.4 is 5.73 Å². The van der Waals surface area contributed by atoms with Crippen molar-refractivity contribution in [2.75, 3.05) is 0 Å². The molecule has 0 radical (unpaired) electrons. The topological polar surface area (TPSA) is 39.2 Å². The second-order valence-electron chi connectivity index (χ2n) is 4.47. The van der Waals surface area contributed by atoms with Crippen molar-refractivity contribution in [3.8, 4) is 0 Å². The van der Waals surface area contributed by atoms with Crippen molar-refractivity contribution in [2.24, 2.45) is 5.73 Å². The van der Waals surface area contributed by atoms with E-state index in [2.05, 4.69) is 0 Å². The molecule has 1 heterocycles. The first-order valence-corrected chi connectivity index (χ1v) is 7.37. The van der Waals surface area contributed by atoms with Gasteiger partial charge in [0, 0.05) is 10.9 Å². The van der Waals surface area contributed by atoms with E-state index in [1.54, 1.807) is 12.3 Å². The Bertz CT molecular complexity index is 513. The molecular formula is C15H18FNOS. The standard InChI is InChI=1S/C15H18FNOS/c1-2-12(17)9-11-5-3-7-14(16)15(11)19-10-13-6-4-8-18-13/h3-8,12H,2,9-10,17H2,1H3. The zero-order valence-corrected chi connectivity index (χ0v) is 11.8. The van der Waals surface area contributed by atoms with Gasteiger partial charge in [-0.05, 0) is 36.6 Å². The Kier molecular flexibility index (Phi) is 5.05. The minimum atomic E-state index is -0.183. The molecule has 1 unspecified atom stereocenters. The summed E-state index contributed by atoms with van der Waals surface area (Å²) in [6, 6.07) is 8.99. The summed E-state index contributed by atoms with van der Waals surface area (Å²) < 4.78 is 19.2. The predicted molar refractivity (Wildman–Crippen MR) is 76.6 cm³/mol. The van der Waals surface area contributed by atoms with Crippen LogP contribution in [-0.2, 0) is 12.2 Å². The van der Waals surface area contributed by atoms with Gasteiger partial charge in [-0.25, -0.2) is 4.39 Å². The molecule has 0 spiro atoms. The maximum atomic E-state index is 13.9. The lowest BCUT2D eigenvalue weighted by molar-refractivity contribution is 0.530. The molecule has 0 aliphatic rings. The van der Waals surface area contributed by atoms with Gasteiger partial charge in [0.15, 0.2) is 0 Å². The van der Waals surface area contributed by atoms with Crippen LogP contribution in [0.1, 0.15) is 24.7 Å². The number of furan rings is 1. The van der Waals surface area contributed by atoms with Gasteiger partial charge in [0.05, 0.1) is 12.0 Å². The number of benzene rings is 1. The lowest BCUT2D eigenvalue weighted by atomic mass is 10.0. The Labute approximate surface area is 117 Å². The quantitative estimate of drug-likeness (QED) is 0.813. The van der Waals surface area contributed by atoms with Gasteiger partial charge in [-0.3, -0.25) is 0 Å². The molecule has 0 amide bonds. The summed E-state index contributed by atoms with van der Waals surface area (Å²) in [6.45, 7) is 2.04. The van der Waals surface area contributed by atoms with Crippen LogP contribution in [0.2, 0.25) is 0 Å². The highest BCUT2D eigenvalue weighted by Crippen LogP contribution is 2.30. The van der Waals surface area contributed by atoms with Gasteiger partial charge in [0.1, 0.15) is 11.6 Å². The van der Waals surface area contributed by atoms with E-state index in [9.17, 15) is 4.39 Å². The molecule has 2 N–H and O–H groups in total. The van der Waals surface area contributed by atoms with Crippen molar-refractivity contribution in [1.29, 1.82) is 0 Å². The molecule has 1 aromatic carbocycles. The molecule has 2 aromatic rings. The fourth-order valence-corrected chi connectivity index (χ4v) is 2.83. The van der Waals surface area contributed by atoms with E-state index in [0.717, 1.165) is 17.7 Å². The van der Waals surface area contributed by atoms with Gasteiger partial charge in [-0.15, -0.1) is 11.8 Å². The molecule has 0 fully saturated rings. The Hall–Kier alpha value is -1.26. The van der Waals surface area contributed by atoms with E-state index in [1.807, 2.05) is 25.1 Å². The largest absolute Gasteiger partial charge is 0.468 e. The van der Waals surface area contributed by atoms with E-state index < -0.39 is 0 Å². The van der Waals surface area contributed by atoms with Crippen LogP contribution in [-0.4, -0.2) is 6.04 Å². The highest BCUT2D eigenvalue weighted by molar-refractivity contribution is 7.98. The summed E-state index contributed by atoms with van der Waals surface area (Å²) in [5, 5.41) is 0. The van der Waals surface area contributed by atoms with Crippen LogP contribution in [0.3, 0.4) is 0 Å². The summed E-state index contributed by atoms with van der Waals surface area (Å²) >= 11 is 1.46. The Morgan fingerprint density at radius 1 is 1.32 bits per heavy atom. The SMILES string of the molecule is CCC(N)Cc1cccc(F)c1SCc1ccco1. The van der Waals surface area contributed by atoms with Gasteiger partial charge >= 0.3 is 0 Å². The van der Waals surface area contributed by atoms with Crippen molar-refractivity contribution in [1.82, 2.24) is 0 Å². The lowest BCUT2D eigenvalue weighted by Gasteiger charge is -2.13. The average Bonchev–Trinajstić information content (AvgIpc) is 2.91. The van der Waals surface area contributed by atoms with E-state index in [1.165, 1.54) is 17.8 Å². The Morgan fingerprint density at radius 2 is 2.16 bits per heavy atom. The molecule has 1 atom stereocenters. The Balaban J connectivity index is 2.13. The molecule has 0 saturated heterocycles. The third-order valence-corrected chi connectivity index (χ3v) is 4.17. The summed E-state index contributed by atoms with van der Waals surface area (Å²) in [7, 11) is 0. The second-order valence-corrected chi connectivity index (χ2v) is 5.45. The van der Waals surface area contributed by atoms with Crippen LogP contribution in [0.15, 0.2) is 45.9 Å². The summed E-state index contributed by atoms with van der Waals surface area (Å²) in [5.41, 5.74) is 6.94. The van der Waals surface area contributed by atoms with Crippen LogP contribution in [0, 0.1) is 5.82 Å². The minimum Gasteiger partial charge on any atom is -0.468 e. The lowest BCUT2D eigenvalue weighted by Crippen LogP contribution is -2.21. The summed E-state index contributed by atoms with van der Waals surface area (Å²) in [5.74, 6) is 1.29. The number of nitrogens with two attached hydrogens (primary N) is 1. The van der Waals surface area contributed by atoms with Gasteiger partial charge in [0.2, 0.25) is 0 Å². The maximum absolute atomic E-state index is 13.9. The first kappa shape index (κ1) is 14.2. The first-order valence-electron chi connectivity index (χ1n) is 6.39. The van der Waals surface area contributed by atoms with Gasteiger partial charge in [0.25, 0.3) is 0 Å². The highest BCUT2D eigenvalue weighted by atomic mass is 32.2. The molecule has 4 heteroatoms. The van der Waals surface area contributed by atoms with E-state index in [4.69, 9.17) is 10.2 Å². The summed E-state index contributed by atoms with van der Waals surface area (Å²) in [6.07, 6.45) is 3.22. The molecule has 0 aliphatic carbocycles. The van der Waals surface area contributed by atoms with Crippen LogP contribution in [0.25, 0.3) is 0 Å². The van der Waals surface area contributed by atoms with Crippen molar-refractivity contribution in [2.45, 2.75) is 36.5 Å². The van der Waals surface area contributed by atoms with Crippen molar-refractivity contribution >= 4 is 11.8 Å². The number of halogens is 1. The third kappa shape index (κ3) is 3.85. The third-order valence-electron chi connectivity index (χ3n) is 2.99. The molecule has 102 valence electrons. The average molecular weight is 279 g/mol. The fourth-order valence-electron chi connectivity index (χ4n) is 1.84. The molecule has 19 heavy (non-hydrogen) atoms. The smallest absolute Gasteiger partial charge is 0.137 e. The zero-order chi connectivity index (χ0) is 13.7. The number of hydrogen-bond acceptors (Lipinski definition) is 3. The monoisotopic (exact) mass is 279 g/mol. The Morgan fingerprint density at radius 3 is 2.84 bits per heavy atom. The van der Waals surface area contributed by atoms with Crippen molar-refractivity contribution < 1.29 is 8.81 Å². The predicted octanol–water partition coefficient (Wildman–Crippen LogP) is 3.99. The number of rotatable bonds is 6. The van der Waals surface area contributed by atoms with Gasteiger partial charge in [-0.2, -0.15) is 0 Å². The van der Waals surface area contributed by atoms with E-state index in [0.29, 0.717) is 17.1 Å². The van der Waals surface area contributed by atoms with Gasteiger partial charge < -0.3 is 10.2 Å². The zero-order valence-electron chi connectivity index (χ0n) is 10.9. The maximum Gasteiger partial charge on any atom is 0.137 e. The van der Waals surface area contributed by atoms with E-state index in [-0.39, 0.29) is 11.9 Å². The van der Waals surface area contributed by atoms with E-state index >= 15 is 0 Å². The summed E-state index contributed by atoms with van der Waals surface area (Å²) in [4.78, 5) is 0.683. The molecule has 1 aromatic heterocycles. The molecule has 0 saturated carbocycles. The fraction of sp³-hybridized carbons (Fsp3) is 0.333. The van der Waals surface area contributed by atoms with Crippen LogP contribution in [0.4, 0.5) is 4.39 Å². The first-order chi connectivity index (χ1) is 9.20. The number of hydrogen-bond donors (Lipinski definition) is 1. The van der Waals surface area contributed by atoms with Crippen molar-refractivity contribution in [3.05, 3.63) is 53.7 Å². The molecular weight excluding hydrogens is 261 g/mol. The van der Waals surface area contributed by atoms with Gasteiger partial charge in [-0.1, -0.05) is 19.1 Å². The molecule has 0 aliphatic heterocycles. The van der Waals surface area contributed by atoms with Crippen molar-refractivity contribution in [3.63, 3.8) is 0 Å². The van der Waals surface area contributed by atoms with Crippen LogP contribution in [0.5, 0.6) is 0 Å². The highest BCUT2D eigenvalue weighted by Gasteiger charge is 2.12. The second kappa shape index (κ2) is 6.78. The minimum absolute atomic E-state index is 0.0739. The molecule has 2 rings (SSSR count). The normalized spacial score (nSPS) is 12.6. The van der Waals surface area contributed by atoms with Crippen LogP contribution >= 0.6 is 11.8 Å². The molecule has 0 bridgehead atoms. The molecule has 2 nitrogen and oxygen atoms in total. The number of thioether (sulfide) groups is 1.